The topological polar surface area (TPSA) is 51.1 Å². The van der Waals surface area contributed by atoms with E-state index in [-0.39, 0.29) is 36.5 Å². The Hall–Kier alpha value is -1.23. The van der Waals surface area contributed by atoms with Crippen LogP contribution in [0, 0.1) is 5.92 Å². The van der Waals surface area contributed by atoms with Gasteiger partial charge in [-0.15, -0.1) is 24.0 Å². The van der Waals surface area contributed by atoms with Gasteiger partial charge in [0.25, 0.3) is 0 Å². The third kappa shape index (κ3) is 7.02. The molecule has 154 valence electrons. The predicted molar refractivity (Wildman–Crippen MR) is 113 cm³/mol. The van der Waals surface area contributed by atoms with E-state index < -0.39 is 11.7 Å². The summed E-state index contributed by atoms with van der Waals surface area (Å²) >= 11 is 0. The Morgan fingerprint density at radius 1 is 1.26 bits per heavy atom. The van der Waals surface area contributed by atoms with Crippen LogP contribution in [0.15, 0.2) is 29.3 Å². The van der Waals surface area contributed by atoms with Gasteiger partial charge in [0.05, 0.1) is 5.56 Å². The number of hydrogen-bond acceptors (Lipinski definition) is 3. The van der Waals surface area contributed by atoms with Crippen LogP contribution in [0.25, 0.3) is 0 Å². The van der Waals surface area contributed by atoms with Gasteiger partial charge in [0, 0.05) is 51.6 Å². The van der Waals surface area contributed by atoms with Crippen molar-refractivity contribution in [2.24, 2.45) is 10.9 Å². The zero-order chi connectivity index (χ0) is 19.2. The number of piperazine rings is 1. The van der Waals surface area contributed by atoms with Gasteiger partial charge in [0.15, 0.2) is 5.96 Å². The monoisotopic (exact) mass is 500 g/mol. The first-order valence-electron chi connectivity index (χ1n) is 8.91. The molecule has 5 nitrogen and oxygen atoms in total. The smallest absolute Gasteiger partial charge is 0.396 e. The molecule has 1 fully saturated rings. The Balaban J connectivity index is 0.00000364. The molecule has 1 aliphatic rings. The van der Waals surface area contributed by atoms with Crippen LogP contribution < -0.4 is 10.2 Å². The van der Waals surface area contributed by atoms with Gasteiger partial charge >= 0.3 is 6.18 Å². The van der Waals surface area contributed by atoms with Crippen molar-refractivity contribution in [3.05, 3.63) is 29.8 Å². The van der Waals surface area contributed by atoms with Gasteiger partial charge in [-0.25, -0.2) is 0 Å². The Labute approximate surface area is 175 Å². The highest BCUT2D eigenvalue weighted by Gasteiger charge is 2.31. The lowest BCUT2D eigenvalue weighted by Gasteiger charge is -2.38. The number of aliphatic hydroxyl groups is 1. The minimum absolute atomic E-state index is 0. The molecule has 0 bridgehead atoms. The Morgan fingerprint density at radius 2 is 1.93 bits per heavy atom. The van der Waals surface area contributed by atoms with Crippen LogP contribution >= 0.6 is 24.0 Å². The summed E-state index contributed by atoms with van der Waals surface area (Å²) in [5, 5.41) is 12.4. The molecule has 1 unspecified atom stereocenters. The first kappa shape index (κ1) is 23.8. The van der Waals surface area contributed by atoms with Gasteiger partial charge < -0.3 is 20.2 Å². The largest absolute Gasteiger partial charge is 0.416 e. The van der Waals surface area contributed by atoms with Crippen molar-refractivity contribution in [2.75, 3.05) is 50.8 Å². The van der Waals surface area contributed by atoms with E-state index in [4.69, 9.17) is 5.11 Å². The number of alkyl halides is 3. The van der Waals surface area contributed by atoms with Gasteiger partial charge in [0.2, 0.25) is 0 Å². The van der Waals surface area contributed by atoms with Crippen molar-refractivity contribution >= 4 is 35.6 Å². The standard InChI is InChI=1S/C18H27F3N4O.HI/c1-3-22-17(23-12-14(2)13-26)25-9-7-24(8-10-25)16-6-4-5-15(11-16)18(19,20)21;/h4-6,11,14,26H,3,7-10,12-13H2,1-2H3,(H,22,23);1H. The van der Waals surface area contributed by atoms with E-state index in [0.717, 1.165) is 18.6 Å². The molecule has 2 N–H and O–H groups in total. The summed E-state index contributed by atoms with van der Waals surface area (Å²) in [7, 11) is 0. The second-order valence-electron chi connectivity index (χ2n) is 6.50. The molecular weight excluding hydrogens is 472 g/mol. The highest BCUT2D eigenvalue weighted by atomic mass is 127. The maximum atomic E-state index is 12.9. The summed E-state index contributed by atoms with van der Waals surface area (Å²) in [6.07, 6.45) is -4.33. The van der Waals surface area contributed by atoms with Crippen molar-refractivity contribution in [3.63, 3.8) is 0 Å². The molecule has 27 heavy (non-hydrogen) atoms. The summed E-state index contributed by atoms with van der Waals surface area (Å²) in [5.74, 6) is 0.881. The van der Waals surface area contributed by atoms with E-state index in [1.807, 2.05) is 18.7 Å². The van der Waals surface area contributed by atoms with E-state index in [1.54, 1.807) is 6.07 Å². The molecule has 1 atom stereocenters. The molecule has 9 heteroatoms. The normalized spacial score (nSPS) is 16.7. The highest BCUT2D eigenvalue weighted by Crippen LogP contribution is 2.31. The molecule has 0 radical (unpaired) electrons. The highest BCUT2D eigenvalue weighted by molar-refractivity contribution is 14.0. The lowest BCUT2D eigenvalue weighted by molar-refractivity contribution is -0.137. The predicted octanol–water partition coefficient (Wildman–Crippen LogP) is 3.04. The molecule has 2 rings (SSSR count). The molecule has 1 aromatic carbocycles. The number of anilines is 1. The Kier molecular flexibility index (Phi) is 9.65. The molecule has 0 spiro atoms. The summed E-state index contributed by atoms with van der Waals surface area (Å²) in [5.41, 5.74) is -0.0272. The van der Waals surface area contributed by atoms with Crippen LogP contribution in [0.5, 0.6) is 0 Å². The number of nitrogens with one attached hydrogen (secondary N) is 1. The van der Waals surface area contributed by atoms with E-state index in [1.165, 1.54) is 12.1 Å². The van der Waals surface area contributed by atoms with Crippen molar-refractivity contribution in [1.82, 2.24) is 10.2 Å². The minimum Gasteiger partial charge on any atom is -0.396 e. The molecule has 1 heterocycles. The summed E-state index contributed by atoms with van der Waals surface area (Å²) in [6, 6.07) is 5.47. The van der Waals surface area contributed by atoms with Gasteiger partial charge in [-0.2, -0.15) is 13.2 Å². The number of hydrogen-bond donors (Lipinski definition) is 2. The van der Waals surface area contributed by atoms with Crippen molar-refractivity contribution in [1.29, 1.82) is 0 Å². The maximum absolute atomic E-state index is 12.9. The third-order valence-electron chi connectivity index (χ3n) is 4.32. The van der Waals surface area contributed by atoms with E-state index in [9.17, 15) is 13.2 Å². The molecular formula is C18H28F3IN4O. The van der Waals surface area contributed by atoms with Crippen LogP contribution in [0.2, 0.25) is 0 Å². The second-order valence-corrected chi connectivity index (χ2v) is 6.50. The summed E-state index contributed by atoms with van der Waals surface area (Å²) < 4.78 is 38.7. The number of aliphatic hydroxyl groups excluding tert-OH is 1. The Bertz CT molecular complexity index is 605. The van der Waals surface area contributed by atoms with Crippen LogP contribution in [0.4, 0.5) is 18.9 Å². The molecule has 1 saturated heterocycles. The SMILES string of the molecule is CCNC(=NCC(C)CO)N1CCN(c2cccc(C(F)(F)F)c2)CC1.I. The van der Waals surface area contributed by atoms with Crippen molar-refractivity contribution in [2.45, 2.75) is 20.0 Å². The van der Waals surface area contributed by atoms with Crippen LogP contribution in [0.1, 0.15) is 19.4 Å². The Morgan fingerprint density at radius 3 is 2.48 bits per heavy atom. The second kappa shape index (κ2) is 10.9. The van der Waals surface area contributed by atoms with Crippen molar-refractivity contribution < 1.29 is 18.3 Å². The zero-order valence-corrected chi connectivity index (χ0v) is 18.0. The summed E-state index contributed by atoms with van der Waals surface area (Å²) in [4.78, 5) is 8.63. The van der Waals surface area contributed by atoms with Gasteiger partial charge in [-0.1, -0.05) is 13.0 Å². The zero-order valence-electron chi connectivity index (χ0n) is 15.7. The minimum atomic E-state index is -4.33. The van der Waals surface area contributed by atoms with Gasteiger partial charge in [0.1, 0.15) is 0 Å². The van der Waals surface area contributed by atoms with Gasteiger partial charge in [-0.05, 0) is 31.0 Å². The number of aliphatic imine (C=N–C) groups is 1. The van der Waals surface area contributed by atoms with Crippen molar-refractivity contribution in [3.8, 4) is 0 Å². The lowest BCUT2D eigenvalue weighted by atomic mass is 10.1. The quantitative estimate of drug-likeness (QED) is 0.371. The van der Waals surface area contributed by atoms with Crippen LogP contribution in [0.3, 0.4) is 0 Å². The van der Waals surface area contributed by atoms with E-state index in [0.29, 0.717) is 38.4 Å². The van der Waals surface area contributed by atoms with Gasteiger partial charge in [-0.3, -0.25) is 4.99 Å². The number of nitrogens with zero attached hydrogens (tertiary/aromatic N) is 3. The lowest BCUT2D eigenvalue weighted by Crippen LogP contribution is -2.52. The van der Waals surface area contributed by atoms with Crippen LogP contribution in [-0.4, -0.2) is 61.8 Å². The molecule has 0 saturated carbocycles. The van der Waals surface area contributed by atoms with E-state index in [2.05, 4.69) is 15.2 Å². The number of rotatable bonds is 5. The average Bonchev–Trinajstić information content (AvgIpc) is 2.64. The number of benzene rings is 1. The molecule has 1 aliphatic heterocycles. The molecule has 0 aliphatic carbocycles. The number of guanidine groups is 1. The summed E-state index contributed by atoms with van der Waals surface area (Å²) in [6.45, 7) is 7.88. The molecule has 0 aromatic heterocycles. The van der Waals surface area contributed by atoms with Crippen LogP contribution in [-0.2, 0) is 6.18 Å². The molecule has 1 aromatic rings. The third-order valence-corrected chi connectivity index (χ3v) is 4.32. The first-order chi connectivity index (χ1) is 12.3. The fourth-order valence-corrected chi connectivity index (χ4v) is 2.78. The van der Waals surface area contributed by atoms with E-state index >= 15 is 0 Å². The molecule has 0 amide bonds. The first-order valence-corrected chi connectivity index (χ1v) is 8.91. The number of halogens is 4. The fraction of sp³-hybridized carbons (Fsp3) is 0.611. The fourth-order valence-electron chi connectivity index (χ4n) is 2.78. The average molecular weight is 500 g/mol. The maximum Gasteiger partial charge on any atom is 0.416 e.